The summed E-state index contributed by atoms with van der Waals surface area (Å²) in [5.41, 5.74) is 0.874. The molecule has 0 amide bonds. The fourth-order valence-corrected chi connectivity index (χ4v) is 0.895. The maximum atomic E-state index is 11.7. The molecule has 1 aromatic carbocycles. The van der Waals surface area contributed by atoms with Crippen LogP contribution < -0.4 is 0 Å². The van der Waals surface area contributed by atoms with Crippen molar-refractivity contribution in [1.29, 1.82) is 0 Å². The van der Waals surface area contributed by atoms with E-state index in [2.05, 4.69) is 0 Å². The van der Waals surface area contributed by atoms with Crippen LogP contribution in [-0.2, 0) is 0 Å². The van der Waals surface area contributed by atoms with Gasteiger partial charge in [0.25, 0.3) is 0 Å². The Bertz CT molecular complexity index is 320. The van der Waals surface area contributed by atoms with Crippen LogP contribution in [0.15, 0.2) is 48.6 Å². The van der Waals surface area contributed by atoms with Gasteiger partial charge < -0.3 is 0 Å². The number of allylic oxidation sites excluding steroid dienone is 3. The smallest absolute Gasteiger partial charge is 0.167 e. The first-order chi connectivity index (χ1) is 6.58. The van der Waals surface area contributed by atoms with E-state index in [9.17, 15) is 13.2 Å². The van der Waals surface area contributed by atoms with Crippen molar-refractivity contribution < 1.29 is 13.2 Å². The molecule has 1 aromatic rings. The van der Waals surface area contributed by atoms with Crippen molar-refractivity contribution in [3.63, 3.8) is 0 Å². The van der Waals surface area contributed by atoms with E-state index in [1.807, 2.05) is 30.3 Å². The second-order valence-corrected chi connectivity index (χ2v) is 2.67. The highest BCUT2D eigenvalue weighted by atomic mass is 19.4. The molecule has 1 rings (SSSR count). The summed E-state index contributed by atoms with van der Waals surface area (Å²) in [7, 11) is 0. The summed E-state index contributed by atoms with van der Waals surface area (Å²) in [5, 5.41) is 0. The molecule has 0 unspecified atom stereocenters. The lowest BCUT2D eigenvalue weighted by Gasteiger charge is -1.94. The van der Waals surface area contributed by atoms with Gasteiger partial charge in [0.1, 0.15) is 0 Å². The molecule has 0 aliphatic carbocycles. The summed E-state index contributed by atoms with van der Waals surface area (Å²) in [5.74, 6) is 0. The number of benzene rings is 1. The molecule has 0 nitrogen and oxygen atoms in total. The highest BCUT2D eigenvalue weighted by Gasteiger charge is 2.21. The maximum absolute atomic E-state index is 11.7. The summed E-state index contributed by atoms with van der Waals surface area (Å²) < 4.78 is 35.0. The number of hydrogen-bond donors (Lipinski definition) is 0. The van der Waals surface area contributed by atoms with Crippen LogP contribution in [0.2, 0.25) is 0 Å². The Morgan fingerprint density at radius 2 is 1.57 bits per heavy atom. The molecule has 0 aliphatic rings. The Balaban J connectivity index is 2.54. The van der Waals surface area contributed by atoms with E-state index in [1.165, 1.54) is 6.08 Å². The van der Waals surface area contributed by atoms with Gasteiger partial charge in [-0.25, -0.2) is 0 Å². The average molecular weight is 198 g/mol. The van der Waals surface area contributed by atoms with E-state index in [4.69, 9.17) is 0 Å². The van der Waals surface area contributed by atoms with Gasteiger partial charge in [-0.2, -0.15) is 13.2 Å². The van der Waals surface area contributed by atoms with Crippen LogP contribution in [0, 0.1) is 0 Å². The highest BCUT2D eigenvalue weighted by Crippen LogP contribution is 2.15. The molecular weight excluding hydrogens is 189 g/mol. The zero-order chi connectivity index (χ0) is 10.4. The zero-order valence-electron chi connectivity index (χ0n) is 7.33. The first kappa shape index (κ1) is 10.6. The molecule has 0 fully saturated rings. The van der Waals surface area contributed by atoms with Gasteiger partial charge in [-0.05, 0) is 5.56 Å². The van der Waals surface area contributed by atoms with Crippen LogP contribution >= 0.6 is 0 Å². The predicted molar refractivity (Wildman–Crippen MR) is 50.7 cm³/mol. The summed E-state index contributed by atoms with van der Waals surface area (Å²) in [4.78, 5) is 0. The van der Waals surface area contributed by atoms with Crippen molar-refractivity contribution in [2.24, 2.45) is 0 Å². The average Bonchev–Trinajstić information content (AvgIpc) is 2.13. The minimum Gasteiger partial charge on any atom is -0.167 e. The molecule has 0 N–H and O–H groups in total. The molecule has 0 aliphatic heterocycles. The van der Waals surface area contributed by atoms with Gasteiger partial charge >= 0.3 is 6.18 Å². The van der Waals surface area contributed by atoms with E-state index in [-0.39, 0.29) is 6.08 Å². The topological polar surface area (TPSA) is 0 Å². The zero-order valence-corrected chi connectivity index (χ0v) is 7.33. The normalized spacial score (nSPS) is 12.8. The van der Waals surface area contributed by atoms with Crippen molar-refractivity contribution in [3.8, 4) is 0 Å². The predicted octanol–water partition coefficient (Wildman–Crippen LogP) is 3.82. The van der Waals surface area contributed by atoms with Crippen LogP contribution in [-0.4, -0.2) is 6.18 Å². The number of hydrogen-bond acceptors (Lipinski definition) is 0. The second kappa shape index (κ2) is 4.65. The van der Waals surface area contributed by atoms with Crippen LogP contribution in [0.4, 0.5) is 13.2 Å². The Morgan fingerprint density at radius 1 is 0.929 bits per heavy atom. The lowest BCUT2D eigenvalue weighted by molar-refractivity contribution is -0.0798. The van der Waals surface area contributed by atoms with Gasteiger partial charge in [-0.3, -0.25) is 0 Å². The molecule has 0 atom stereocenters. The van der Waals surface area contributed by atoms with Gasteiger partial charge in [0.15, 0.2) is 0 Å². The summed E-state index contributed by atoms with van der Waals surface area (Å²) >= 11 is 0. The van der Waals surface area contributed by atoms with Gasteiger partial charge in [-0.15, -0.1) is 0 Å². The fourth-order valence-electron chi connectivity index (χ4n) is 0.895. The van der Waals surface area contributed by atoms with Gasteiger partial charge in [0.2, 0.25) is 0 Å². The highest BCUT2D eigenvalue weighted by molar-refractivity contribution is 5.50. The number of rotatable bonds is 2. The molecule has 74 valence electrons. The van der Waals surface area contributed by atoms with Crippen LogP contribution in [0.5, 0.6) is 0 Å². The molecule has 0 radical (unpaired) electrons. The molecule has 14 heavy (non-hydrogen) atoms. The summed E-state index contributed by atoms with van der Waals surface area (Å²) in [6.07, 6.45) is -0.0778. The Hall–Kier alpha value is -1.51. The van der Waals surface area contributed by atoms with E-state index in [0.29, 0.717) is 0 Å². The van der Waals surface area contributed by atoms with Crippen LogP contribution in [0.3, 0.4) is 0 Å². The lowest BCUT2D eigenvalue weighted by atomic mass is 10.2. The van der Waals surface area contributed by atoms with E-state index >= 15 is 0 Å². The van der Waals surface area contributed by atoms with Gasteiger partial charge in [0.05, 0.1) is 0 Å². The minimum absolute atomic E-state index is 0.201. The number of halogens is 3. The number of alkyl halides is 3. The Morgan fingerprint density at radius 3 is 2.14 bits per heavy atom. The lowest BCUT2D eigenvalue weighted by Crippen LogP contribution is -1.99. The molecule has 0 spiro atoms. The second-order valence-electron chi connectivity index (χ2n) is 2.67. The minimum atomic E-state index is -4.24. The van der Waals surface area contributed by atoms with E-state index < -0.39 is 6.18 Å². The van der Waals surface area contributed by atoms with Crippen LogP contribution in [0.1, 0.15) is 5.56 Å². The van der Waals surface area contributed by atoms with Crippen molar-refractivity contribution in [3.05, 3.63) is 54.1 Å². The first-order valence-electron chi connectivity index (χ1n) is 4.05. The summed E-state index contributed by atoms with van der Waals surface area (Å²) in [6.45, 7) is 0. The monoisotopic (exact) mass is 198 g/mol. The molecule has 0 heterocycles. The molecular formula is C11H9F3. The standard InChI is InChI=1S/C11H9F3/c12-11(13,14)9-5-4-8-10-6-2-1-3-7-10/h1-9H. The van der Waals surface area contributed by atoms with E-state index in [1.54, 1.807) is 6.08 Å². The van der Waals surface area contributed by atoms with E-state index in [0.717, 1.165) is 11.6 Å². The molecule has 0 saturated carbocycles. The van der Waals surface area contributed by atoms with Crippen molar-refractivity contribution in [1.82, 2.24) is 0 Å². The third-order valence-electron chi connectivity index (χ3n) is 1.48. The first-order valence-corrected chi connectivity index (χ1v) is 4.05. The quantitative estimate of drug-likeness (QED) is 0.634. The molecule has 0 saturated heterocycles. The van der Waals surface area contributed by atoms with Crippen molar-refractivity contribution in [2.75, 3.05) is 0 Å². The van der Waals surface area contributed by atoms with Crippen molar-refractivity contribution >= 4 is 6.08 Å². The third-order valence-corrected chi connectivity index (χ3v) is 1.48. The van der Waals surface area contributed by atoms with Gasteiger partial charge in [0, 0.05) is 6.08 Å². The molecule has 3 heteroatoms. The van der Waals surface area contributed by atoms with Crippen molar-refractivity contribution in [2.45, 2.75) is 6.18 Å². The third kappa shape index (κ3) is 4.50. The summed E-state index contributed by atoms with van der Waals surface area (Å²) in [6, 6.07) is 9.14. The van der Waals surface area contributed by atoms with Crippen LogP contribution in [0.25, 0.3) is 6.08 Å². The Labute approximate surface area is 80.4 Å². The maximum Gasteiger partial charge on any atom is 0.409 e. The molecule has 0 bridgehead atoms. The fraction of sp³-hybridized carbons (Fsp3) is 0.0909. The largest absolute Gasteiger partial charge is 0.409 e. The SMILES string of the molecule is FC(F)(F)C=CC=Cc1ccccc1. The Kier molecular flexibility index (Phi) is 3.51. The van der Waals surface area contributed by atoms with Gasteiger partial charge in [-0.1, -0.05) is 48.6 Å². The molecule has 0 aromatic heterocycles.